The average molecular weight is 596 g/mol. The van der Waals surface area contributed by atoms with Crippen LogP contribution in [0.25, 0.3) is 0 Å². The molecule has 0 aliphatic heterocycles. The van der Waals surface area contributed by atoms with Gasteiger partial charge in [0.15, 0.2) is 0 Å². The number of hydrogen-bond acceptors (Lipinski definition) is 3. The van der Waals surface area contributed by atoms with Gasteiger partial charge in [-0.15, -0.1) is 0 Å². The molecule has 0 aliphatic rings. The van der Waals surface area contributed by atoms with Crippen LogP contribution in [0.4, 0.5) is 0 Å². The lowest BCUT2D eigenvalue weighted by atomic mass is 10.0. The Morgan fingerprint density at radius 2 is 0.786 bits per heavy atom. The lowest BCUT2D eigenvalue weighted by molar-refractivity contribution is -0.137. The third kappa shape index (κ3) is 36.9. The molecule has 1 amide bonds. The van der Waals surface area contributed by atoms with Gasteiger partial charge in [0, 0.05) is 32.6 Å². The third-order valence-corrected chi connectivity index (χ3v) is 8.47. The highest BCUT2D eigenvalue weighted by Gasteiger charge is 2.02. The summed E-state index contributed by atoms with van der Waals surface area (Å²) < 4.78 is 5.83. The van der Waals surface area contributed by atoms with Crippen LogP contribution in [0.2, 0.25) is 0 Å². The summed E-state index contributed by atoms with van der Waals surface area (Å²) in [7, 11) is 0. The van der Waals surface area contributed by atoms with Crippen molar-refractivity contribution >= 4 is 11.9 Å². The van der Waals surface area contributed by atoms with Gasteiger partial charge in [-0.25, -0.2) is 0 Å². The molecule has 0 atom stereocenters. The van der Waals surface area contributed by atoms with Crippen molar-refractivity contribution < 1.29 is 19.4 Å². The first-order valence-electron chi connectivity index (χ1n) is 18.7. The Labute approximate surface area is 262 Å². The number of amides is 1. The predicted molar refractivity (Wildman–Crippen MR) is 180 cm³/mol. The molecule has 42 heavy (non-hydrogen) atoms. The number of carboxylic acid groups (broad SMARTS) is 1. The molecule has 0 aliphatic carbocycles. The summed E-state index contributed by atoms with van der Waals surface area (Å²) in [6.07, 6.45) is 39.1. The molecule has 0 fully saturated rings. The van der Waals surface area contributed by atoms with E-state index in [0.717, 1.165) is 26.1 Å². The van der Waals surface area contributed by atoms with Crippen molar-refractivity contribution in [2.24, 2.45) is 0 Å². The quantitative estimate of drug-likeness (QED) is 0.0706. The van der Waals surface area contributed by atoms with Gasteiger partial charge in [0.2, 0.25) is 5.91 Å². The molecule has 0 spiro atoms. The van der Waals surface area contributed by atoms with Crippen LogP contribution in [0.1, 0.15) is 206 Å². The Morgan fingerprint density at radius 3 is 1.14 bits per heavy atom. The van der Waals surface area contributed by atoms with Gasteiger partial charge in [-0.1, -0.05) is 167 Å². The Hall–Kier alpha value is -1.10. The maximum atomic E-state index is 11.7. The van der Waals surface area contributed by atoms with Gasteiger partial charge in [-0.05, 0) is 25.7 Å². The van der Waals surface area contributed by atoms with Crippen molar-refractivity contribution in [1.29, 1.82) is 0 Å². The molecular formula is C37H73NO4. The number of carbonyl (C=O) groups excluding carboxylic acids is 1. The molecule has 0 aromatic carbocycles. The van der Waals surface area contributed by atoms with Crippen molar-refractivity contribution in [1.82, 2.24) is 5.32 Å². The van der Waals surface area contributed by atoms with E-state index < -0.39 is 5.97 Å². The van der Waals surface area contributed by atoms with E-state index in [0.29, 0.717) is 19.4 Å². The Morgan fingerprint density at radius 1 is 0.452 bits per heavy atom. The fourth-order valence-electron chi connectivity index (χ4n) is 5.67. The number of hydrogen-bond donors (Lipinski definition) is 2. The van der Waals surface area contributed by atoms with E-state index in [9.17, 15) is 9.59 Å². The van der Waals surface area contributed by atoms with Gasteiger partial charge in [-0.3, -0.25) is 9.59 Å². The number of nitrogens with one attached hydrogen (secondary N) is 1. The third-order valence-electron chi connectivity index (χ3n) is 8.47. The van der Waals surface area contributed by atoms with Crippen LogP contribution in [0.5, 0.6) is 0 Å². The van der Waals surface area contributed by atoms with Crippen molar-refractivity contribution in [3.63, 3.8) is 0 Å². The highest BCUT2D eigenvalue weighted by molar-refractivity contribution is 5.75. The monoisotopic (exact) mass is 596 g/mol. The Bertz CT molecular complexity index is 554. The van der Waals surface area contributed by atoms with Gasteiger partial charge < -0.3 is 15.2 Å². The number of carbonyl (C=O) groups is 2. The van der Waals surface area contributed by atoms with E-state index in [-0.39, 0.29) is 12.3 Å². The molecular weight excluding hydrogens is 522 g/mol. The summed E-state index contributed by atoms with van der Waals surface area (Å²) in [5.74, 6) is -0.756. The summed E-state index contributed by atoms with van der Waals surface area (Å²) in [6, 6.07) is 0. The zero-order valence-electron chi connectivity index (χ0n) is 28.2. The normalized spacial score (nSPS) is 11.3. The summed E-state index contributed by atoms with van der Waals surface area (Å²) >= 11 is 0. The molecule has 0 saturated heterocycles. The Kier molecular flexibility index (Phi) is 35.1. The number of carboxylic acids is 1. The summed E-state index contributed by atoms with van der Waals surface area (Å²) in [5.41, 5.74) is 0. The minimum Gasteiger partial charge on any atom is -0.481 e. The minimum atomic E-state index is -0.807. The smallest absolute Gasteiger partial charge is 0.303 e. The second kappa shape index (κ2) is 36.1. The van der Waals surface area contributed by atoms with Crippen molar-refractivity contribution in [3.05, 3.63) is 0 Å². The highest BCUT2D eigenvalue weighted by atomic mass is 16.5. The molecule has 0 unspecified atom stereocenters. The van der Waals surface area contributed by atoms with Crippen LogP contribution >= 0.6 is 0 Å². The molecule has 0 bridgehead atoms. The van der Waals surface area contributed by atoms with Crippen LogP contribution in [0.15, 0.2) is 0 Å². The van der Waals surface area contributed by atoms with E-state index in [1.807, 2.05) is 0 Å². The van der Waals surface area contributed by atoms with Crippen LogP contribution in [-0.2, 0) is 14.3 Å². The summed E-state index contributed by atoms with van der Waals surface area (Å²) in [4.78, 5) is 22.1. The molecule has 2 N–H and O–H groups in total. The molecule has 0 radical (unpaired) electrons. The average Bonchev–Trinajstić information content (AvgIpc) is 2.98. The molecule has 0 aromatic rings. The van der Waals surface area contributed by atoms with Crippen LogP contribution in [0.3, 0.4) is 0 Å². The maximum Gasteiger partial charge on any atom is 0.303 e. The molecule has 5 nitrogen and oxygen atoms in total. The molecule has 0 aromatic heterocycles. The van der Waals surface area contributed by atoms with Gasteiger partial charge in [0.25, 0.3) is 0 Å². The zero-order chi connectivity index (χ0) is 30.6. The van der Waals surface area contributed by atoms with Crippen LogP contribution in [-0.4, -0.2) is 36.7 Å². The fourth-order valence-corrected chi connectivity index (χ4v) is 5.67. The molecule has 250 valence electrons. The second-order valence-electron chi connectivity index (χ2n) is 12.8. The largest absolute Gasteiger partial charge is 0.481 e. The maximum absolute atomic E-state index is 11.7. The van der Waals surface area contributed by atoms with E-state index in [1.165, 1.54) is 167 Å². The van der Waals surface area contributed by atoms with E-state index in [4.69, 9.17) is 9.84 Å². The first kappa shape index (κ1) is 40.9. The SMILES string of the molecule is CCCCCCCCCCCCCCCCCCCCCCOCCCCCCCCCCC(=O)NCCCC(=O)O. The van der Waals surface area contributed by atoms with Gasteiger partial charge in [0.05, 0.1) is 0 Å². The standard InChI is InChI=1S/C37H73NO4/c1-2-3-4-5-6-7-8-9-10-11-12-13-14-15-16-17-19-22-25-28-34-42-35-29-26-23-20-18-21-24-27-31-36(39)38-33-30-32-37(40)41/h2-35H2,1H3,(H,38,39)(H,40,41). The topological polar surface area (TPSA) is 75.6 Å². The Balaban J connectivity index is 3.09. The molecule has 5 heteroatoms. The first-order valence-corrected chi connectivity index (χ1v) is 18.7. The van der Waals surface area contributed by atoms with Crippen LogP contribution in [0, 0.1) is 0 Å². The number of rotatable bonds is 36. The number of ether oxygens (including phenoxy) is 1. The van der Waals surface area contributed by atoms with E-state index >= 15 is 0 Å². The molecule has 0 heterocycles. The van der Waals surface area contributed by atoms with E-state index in [2.05, 4.69) is 12.2 Å². The number of unbranched alkanes of at least 4 members (excludes halogenated alkanes) is 26. The van der Waals surface area contributed by atoms with Crippen molar-refractivity contribution in [2.45, 2.75) is 206 Å². The fraction of sp³-hybridized carbons (Fsp3) is 0.946. The lowest BCUT2D eigenvalue weighted by Crippen LogP contribution is -2.24. The van der Waals surface area contributed by atoms with Gasteiger partial charge in [-0.2, -0.15) is 0 Å². The lowest BCUT2D eigenvalue weighted by Gasteiger charge is -2.06. The first-order chi connectivity index (χ1) is 20.7. The zero-order valence-corrected chi connectivity index (χ0v) is 28.2. The van der Waals surface area contributed by atoms with Gasteiger partial charge >= 0.3 is 5.97 Å². The molecule has 0 saturated carbocycles. The van der Waals surface area contributed by atoms with Crippen molar-refractivity contribution in [3.8, 4) is 0 Å². The summed E-state index contributed by atoms with van der Waals surface area (Å²) in [6.45, 7) is 4.62. The second-order valence-corrected chi connectivity index (χ2v) is 12.8. The van der Waals surface area contributed by atoms with Crippen LogP contribution < -0.4 is 5.32 Å². The van der Waals surface area contributed by atoms with Gasteiger partial charge in [0.1, 0.15) is 0 Å². The number of aliphatic carboxylic acids is 1. The minimum absolute atomic E-state index is 0.0517. The molecule has 0 rings (SSSR count). The van der Waals surface area contributed by atoms with E-state index in [1.54, 1.807) is 0 Å². The summed E-state index contributed by atoms with van der Waals surface area (Å²) in [5, 5.41) is 11.4. The predicted octanol–water partition coefficient (Wildman–Crippen LogP) is 11.3. The highest BCUT2D eigenvalue weighted by Crippen LogP contribution is 2.15. The van der Waals surface area contributed by atoms with Crippen molar-refractivity contribution in [2.75, 3.05) is 19.8 Å².